The fourth-order valence-corrected chi connectivity index (χ4v) is 1.30. The molecule has 0 aliphatic carbocycles. The lowest BCUT2D eigenvalue weighted by molar-refractivity contribution is 0.379. The van der Waals surface area contributed by atoms with Crippen molar-refractivity contribution in [2.45, 2.75) is 27.3 Å². The Balaban J connectivity index is 0.00000225. The number of aromatic nitrogens is 1. The SMILES string of the molecule is CCN(CC)C(N)=NCc1cc(C)no1.I. The van der Waals surface area contributed by atoms with Gasteiger partial charge in [0, 0.05) is 19.2 Å². The van der Waals surface area contributed by atoms with Gasteiger partial charge in [0.25, 0.3) is 0 Å². The van der Waals surface area contributed by atoms with Gasteiger partial charge in [0.15, 0.2) is 11.7 Å². The quantitative estimate of drug-likeness (QED) is 0.516. The Morgan fingerprint density at radius 1 is 1.50 bits per heavy atom. The van der Waals surface area contributed by atoms with Gasteiger partial charge in [0.05, 0.1) is 5.69 Å². The second kappa shape index (κ2) is 7.48. The minimum absolute atomic E-state index is 0. The van der Waals surface area contributed by atoms with Crippen LogP contribution in [0.4, 0.5) is 0 Å². The van der Waals surface area contributed by atoms with E-state index in [0.717, 1.165) is 24.5 Å². The average Bonchev–Trinajstić information content (AvgIpc) is 2.63. The van der Waals surface area contributed by atoms with Crippen LogP contribution in [0, 0.1) is 6.92 Å². The van der Waals surface area contributed by atoms with Crippen molar-refractivity contribution in [3.05, 3.63) is 17.5 Å². The standard InChI is InChI=1S/C10H18N4O.HI/c1-4-14(5-2)10(11)12-7-9-6-8(3)13-15-9;/h6H,4-5,7H2,1-3H3,(H2,11,12);1H. The van der Waals surface area contributed by atoms with Crippen molar-refractivity contribution in [3.8, 4) is 0 Å². The second-order valence-electron chi connectivity index (χ2n) is 3.28. The first-order chi connectivity index (χ1) is 7.17. The van der Waals surface area contributed by atoms with Crippen molar-refractivity contribution < 1.29 is 4.52 Å². The number of nitrogens with two attached hydrogens (primary N) is 1. The maximum atomic E-state index is 5.81. The molecular formula is C10H19IN4O. The molecule has 1 aromatic heterocycles. The number of aryl methyl sites for hydroxylation is 1. The number of hydrogen-bond acceptors (Lipinski definition) is 3. The number of halogens is 1. The van der Waals surface area contributed by atoms with E-state index in [-0.39, 0.29) is 24.0 Å². The van der Waals surface area contributed by atoms with E-state index in [4.69, 9.17) is 10.3 Å². The Bertz CT molecular complexity index is 333. The van der Waals surface area contributed by atoms with Gasteiger partial charge < -0.3 is 15.2 Å². The van der Waals surface area contributed by atoms with Gasteiger partial charge in [-0.2, -0.15) is 0 Å². The van der Waals surface area contributed by atoms with Crippen LogP contribution in [0.25, 0.3) is 0 Å². The highest BCUT2D eigenvalue weighted by Gasteiger charge is 2.03. The van der Waals surface area contributed by atoms with Gasteiger partial charge in [-0.1, -0.05) is 5.16 Å². The molecule has 1 rings (SSSR count). The molecule has 0 amide bonds. The van der Waals surface area contributed by atoms with Gasteiger partial charge in [0.2, 0.25) is 0 Å². The summed E-state index contributed by atoms with van der Waals surface area (Å²) in [5.74, 6) is 1.29. The molecule has 16 heavy (non-hydrogen) atoms. The summed E-state index contributed by atoms with van der Waals surface area (Å²) in [6.45, 7) is 8.14. The molecule has 1 aromatic rings. The molecular weight excluding hydrogens is 319 g/mol. The third kappa shape index (κ3) is 4.38. The van der Waals surface area contributed by atoms with Gasteiger partial charge in [0.1, 0.15) is 6.54 Å². The lowest BCUT2D eigenvalue weighted by Crippen LogP contribution is -2.36. The summed E-state index contributed by atoms with van der Waals surface area (Å²) in [6, 6.07) is 1.86. The number of nitrogens with zero attached hydrogens (tertiary/aromatic N) is 3. The zero-order chi connectivity index (χ0) is 11.3. The van der Waals surface area contributed by atoms with Crippen molar-refractivity contribution in [3.63, 3.8) is 0 Å². The van der Waals surface area contributed by atoms with Gasteiger partial charge in [-0.15, -0.1) is 24.0 Å². The number of hydrogen-bond donors (Lipinski definition) is 1. The van der Waals surface area contributed by atoms with Crippen LogP contribution in [-0.2, 0) is 6.54 Å². The average molecular weight is 338 g/mol. The number of guanidine groups is 1. The second-order valence-corrected chi connectivity index (χ2v) is 3.28. The van der Waals surface area contributed by atoms with E-state index in [2.05, 4.69) is 10.1 Å². The summed E-state index contributed by atoms with van der Waals surface area (Å²) in [5.41, 5.74) is 6.67. The molecule has 0 saturated heterocycles. The van der Waals surface area contributed by atoms with Gasteiger partial charge in [-0.25, -0.2) is 4.99 Å². The van der Waals surface area contributed by atoms with Gasteiger partial charge in [-0.05, 0) is 20.8 Å². The van der Waals surface area contributed by atoms with E-state index in [1.54, 1.807) is 0 Å². The zero-order valence-electron chi connectivity index (χ0n) is 9.93. The van der Waals surface area contributed by atoms with E-state index < -0.39 is 0 Å². The molecule has 0 saturated carbocycles. The summed E-state index contributed by atoms with van der Waals surface area (Å²) in [6.07, 6.45) is 0. The number of rotatable bonds is 4. The van der Waals surface area contributed by atoms with Crippen molar-refractivity contribution >= 4 is 29.9 Å². The molecule has 0 aliphatic heterocycles. The summed E-state index contributed by atoms with van der Waals surface area (Å²) < 4.78 is 5.03. The molecule has 0 fully saturated rings. The molecule has 0 atom stereocenters. The van der Waals surface area contributed by atoms with Crippen LogP contribution in [0.5, 0.6) is 0 Å². The first-order valence-electron chi connectivity index (χ1n) is 5.14. The smallest absolute Gasteiger partial charge is 0.191 e. The Hall–Kier alpha value is -0.790. The van der Waals surface area contributed by atoms with Crippen molar-refractivity contribution in [1.29, 1.82) is 0 Å². The fraction of sp³-hybridized carbons (Fsp3) is 0.600. The van der Waals surface area contributed by atoms with Crippen LogP contribution < -0.4 is 5.73 Å². The largest absolute Gasteiger partial charge is 0.370 e. The van der Waals surface area contributed by atoms with Crippen molar-refractivity contribution in [2.75, 3.05) is 13.1 Å². The predicted molar refractivity (Wildman–Crippen MR) is 74.9 cm³/mol. The van der Waals surface area contributed by atoms with Crippen molar-refractivity contribution in [2.24, 2.45) is 10.7 Å². The van der Waals surface area contributed by atoms with E-state index in [1.807, 2.05) is 31.7 Å². The fourth-order valence-electron chi connectivity index (χ4n) is 1.30. The van der Waals surface area contributed by atoms with Crippen LogP contribution in [0.3, 0.4) is 0 Å². The molecule has 1 heterocycles. The summed E-state index contributed by atoms with van der Waals surface area (Å²) in [4.78, 5) is 6.23. The van der Waals surface area contributed by atoms with Gasteiger partial charge >= 0.3 is 0 Å². The maximum absolute atomic E-state index is 5.81. The summed E-state index contributed by atoms with van der Waals surface area (Å²) in [5, 5.41) is 3.78. The maximum Gasteiger partial charge on any atom is 0.191 e. The molecule has 0 radical (unpaired) electrons. The van der Waals surface area contributed by atoms with Crippen LogP contribution >= 0.6 is 24.0 Å². The highest BCUT2D eigenvalue weighted by molar-refractivity contribution is 14.0. The van der Waals surface area contributed by atoms with Gasteiger partial charge in [-0.3, -0.25) is 0 Å². The van der Waals surface area contributed by atoms with Crippen LogP contribution in [0.2, 0.25) is 0 Å². The third-order valence-electron chi connectivity index (χ3n) is 2.16. The van der Waals surface area contributed by atoms with Crippen LogP contribution in [-0.4, -0.2) is 29.1 Å². The Morgan fingerprint density at radius 3 is 2.56 bits per heavy atom. The third-order valence-corrected chi connectivity index (χ3v) is 2.16. The van der Waals surface area contributed by atoms with Crippen LogP contribution in [0.1, 0.15) is 25.3 Å². The topological polar surface area (TPSA) is 67.7 Å². The highest BCUT2D eigenvalue weighted by Crippen LogP contribution is 2.03. The lowest BCUT2D eigenvalue weighted by atomic mass is 10.4. The lowest BCUT2D eigenvalue weighted by Gasteiger charge is -2.18. The molecule has 92 valence electrons. The highest BCUT2D eigenvalue weighted by atomic mass is 127. The zero-order valence-corrected chi connectivity index (χ0v) is 12.3. The first kappa shape index (κ1) is 15.2. The molecule has 0 aromatic carbocycles. The molecule has 2 N–H and O–H groups in total. The predicted octanol–water partition coefficient (Wildman–Crippen LogP) is 1.76. The molecule has 0 unspecified atom stereocenters. The van der Waals surface area contributed by atoms with Crippen molar-refractivity contribution in [1.82, 2.24) is 10.1 Å². The minimum Gasteiger partial charge on any atom is -0.370 e. The summed E-state index contributed by atoms with van der Waals surface area (Å²) >= 11 is 0. The monoisotopic (exact) mass is 338 g/mol. The molecule has 6 heteroatoms. The van der Waals surface area contributed by atoms with E-state index in [0.29, 0.717) is 12.5 Å². The Kier molecular flexibility index (Phi) is 7.11. The summed E-state index contributed by atoms with van der Waals surface area (Å²) in [7, 11) is 0. The first-order valence-corrected chi connectivity index (χ1v) is 5.14. The van der Waals surface area contributed by atoms with Crippen LogP contribution in [0.15, 0.2) is 15.6 Å². The van der Waals surface area contributed by atoms with E-state index in [9.17, 15) is 0 Å². The molecule has 0 spiro atoms. The Labute approximate surface area is 113 Å². The number of aliphatic imine (C=N–C) groups is 1. The molecule has 5 nitrogen and oxygen atoms in total. The van der Waals surface area contributed by atoms with E-state index in [1.165, 1.54) is 0 Å². The Morgan fingerprint density at radius 2 is 2.12 bits per heavy atom. The normalized spacial score (nSPS) is 11.1. The minimum atomic E-state index is 0. The molecule has 0 aliphatic rings. The molecule has 0 bridgehead atoms. The van der Waals surface area contributed by atoms with E-state index >= 15 is 0 Å².